The van der Waals surface area contributed by atoms with Crippen LogP contribution in [-0.4, -0.2) is 28.8 Å². The summed E-state index contributed by atoms with van der Waals surface area (Å²) in [5.74, 6) is -0.476. The van der Waals surface area contributed by atoms with Gasteiger partial charge in [0.25, 0.3) is 5.91 Å². The zero-order chi connectivity index (χ0) is 10.8. The summed E-state index contributed by atoms with van der Waals surface area (Å²) in [6.07, 6.45) is 1.21. The molecule has 1 rings (SSSR count). The van der Waals surface area contributed by atoms with E-state index in [0.717, 1.165) is 0 Å². The SMILES string of the molecule is CC1(/C=N/NC(N)=S)NC(=O)NC1=O. The van der Waals surface area contributed by atoms with E-state index in [9.17, 15) is 9.59 Å². The number of nitrogens with two attached hydrogens (primary N) is 1. The highest BCUT2D eigenvalue weighted by atomic mass is 32.1. The van der Waals surface area contributed by atoms with Gasteiger partial charge in [0.1, 0.15) is 0 Å². The van der Waals surface area contributed by atoms with Crippen LogP contribution >= 0.6 is 12.2 Å². The molecule has 14 heavy (non-hydrogen) atoms. The van der Waals surface area contributed by atoms with E-state index in [1.165, 1.54) is 13.1 Å². The fourth-order valence-electron chi connectivity index (χ4n) is 0.873. The summed E-state index contributed by atoms with van der Waals surface area (Å²) in [5.41, 5.74) is 6.22. The Morgan fingerprint density at radius 3 is 2.79 bits per heavy atom. The molecule has 0 radical (unpaired) electrons. The Morgan fingerprint density at radius 1 is 1.71 bits per heavy atom. The highest BCUT2D eigenvalue weighted by Crippen LogP contribution is 2.05. The molecule has 1 unspecified atom stereocenters. The molecule has 7 nitrogen and oxygen atoms in total. The highest BCUT2D eigenvalue weighted by molar-refractivity contribution is 7.80. The average molecular weight is 215 g/mol. The molecule has 1 aliphatic rings. The van der Waals surface area contributed by atoms with Crippen LogP contribution in [0.3, 0.4) is 0 Å². The first-order valence-corrected chi connectivity index (χ1v) is 4.08. The number of amides is 3. The monoisotopic (exact) mass is 215 g/mol. The number of nitrogens with one attached hydrogen (secondary N) is 3. The molecule has 5 N–H and O–H groups in total. The summed E-state index contributed by atoms with van der Waals surface area (Å²) in [7, 11) is 0. The number of carbonyl (C=O) groups is 2. The summed E-state index contributed by atoms with van der Waals surface area (Å²) in [4.78, 5) is 22.0. The van der Waals surface area contributed by atoms with Crippen molar-refractivity contribution in [3.8, 4) is 0 Å². The van der Waals surface area contributed by atoms with Crippen molar-refractivity contribution < 1.29 is 9.59 Å². The molecular weight excluding hydrogens is 206 g/mol. The van der Waals surface area contributed by atoms with Crippen molar-refractivity contribution in [2.24, 2.45) is 10.8 Å². The smallest absolute Gasteiger partial charge is 0.322 e. The van der Waals surface area contributed by atoms with Crippen molar-refractivity contribution in [1.82, 2.24) is 16.1 Å². The van der Waals surface area contributed by atoms with Gasteiger partial charge in [-0.05, 0) is 19.1 Å². The second-order valence-electron chi connectivity index (χ2n) is 2.84. The Balaban J connectivity index is 2.67. The quantitative estimate of drug-likeness (QED) is 0.192. The third kappa shape index (κ3) is 2.16. The second kappa shape index (κ2) is 3.58. The second-order valence-corrected chi connectivity index (χ2v) is 3.28. The van der Waals surface area contributed by atoms with E-state index in [2.05, 4.69) is 33.4 Å². The standard InChI is InChI=1S/C6H9N5O2S/c1-6(2-8-11-4(7)14)3(12)9-5(13)10-6/h2H,1H3,(H3,7,11,14)(H2,9,10,12,13)/b8-2+. The van der Waals surface area contributed by atoms with Crippen molar-refractivity contribution >= 4 is 35.5 Å². The number of thiocarbonyl (C=S) groups is 1. The zero-order valence-electron chi connectivity index (χ0n) is 7.33. The van der Waals surface area contributed by atoms with Crippen LogP contribution in [0.4, 0.5) is 4.79 Å². The Morgan fingerprint density at radius 2 is 2.36 bits per heavy atom. The summed E-state index contributed by atoms with van der Waals surface area (Å²) in [5, 5.41) is 8.03. The van der Waals surface area contributed by atoms with E-state index in [0.29, 0.717) is 0 Å². The lowest BCUT2D eigenvalue weighted by molar-refractivity contribution is -0.121. The normalized spacial score (nSPS) is 26.1. The minimum Gasteiger partial charge on any atom is -0.375 e. The van der Waals surface area contributed by atoms with Gasteiger partial charge in [0.2, 0.25) is 0 Å². The number of carbonyl (C=O) groups excluding carboxylic acids is 2. The maximum absolute atomic E-state index is 11.2. The van der Waals surface area contributed by atoms with Crippen LogP contribution in [0.15, 0.2) is 5.10 Å². The summed E-state index contributed by atoms with van der Waals surface area (Å²) >= 11 is 4.49. The summed E-state index contributed by atoms with van der Waals surface area (Å²) < 4.78 is 0. The maximum Gasteiger partial charge on any atom is 0.322 e. The number of hydrogen-bond acceptors (Lipinski definition) is 4. The van der Waals surface area contributed by atoms with Gasteiger partial charge in [-0.15, -0.1) is 0 Å². The first-order valence-electron chi connectivity index (χ1n) is 3.67. The van der Waals surface area contributed by atoms with Crippen LogP contribution in [0.2, 0.25) is 0 Å². The predicted molar refractivity (Wildman–Crippen MR) is 53.5 cm³/mol. The summed E-state index contributed by atoms with van der Waals surface area (Å²) in [6.45, 7) is 1.50. The highest BCUT2D eigenvalue weighted by Gasteiger charge is 2.40. The molecule has 1 atom stereocenters. The molecule has 8 heteroatoms. The maximum atomic E-state index is 11.2. The molecule has 3 amide bonds. The molecule has 0 saturated carbocycles. The number of rotatable bonds is 2. The first kappa shape index (κ1) is 10.4. The lowest BCUT2D eigenvalue weighted by Gasteiger charge is -2.13. The Labute approximate surface area is 85.1 Å². The zero-order valence-corrected chi connectivity index (χ0v) is 8.14. The Bertz CT molecular complexity index is 328. The number of imide groups is 1. The fourth-order valence-corrected chi connectivity index (χ4v) is 0.925. The van der Waals surface area contributed by atoms with Gasteiger partial charge in [-0.3, -0.25) is 15.5 Å². The Kier molecular flexibility index (Phi) is 2.65. The molecule has 0 aromatic rings. The van der Waals surface area contributed by atoms with Crippen molar-refractivity contribution in [1.29, 1.82) is 0 Å². The molecule has 0 spiro atoms. The average Bonchev–Trinajstić information content (AvgIpc) is 2.25. The molecule has 1 fully saturated rings. The molecule has 1 heterocycles. The van der Waals surface area contributed by atoms with Crippen LogP contribution in [0.25, 0.3) is 0 Å². The molecule has 1 saturated heterocycles. The third-order valence-corrected chi connectivity index (χ3v) is 1.66. The largest absolute Gasteiger partial charge is 0.375 e. The van der Waals surface area contributed by atoms with Crippen LogP contribution in [-0.2, 0) is 4.79 Å². The first-order chi connectivity index (χ1) is 6.44. The number of urea groups is 1. The molecule has 0 aromatic heterocycles. The van der Waals surface area contributed by atoms with E-state index < -0.39 is 17.5 Å². The van der Waals surface area contributed by atoms with Gasteiger partial charge < -0.3 is 11.1 Å². The number of hydrazone groups is 1. The lowest BCUT2D eigenvalue weighted by Crippen LogP contribution is -2.46. The lowest BCUT2D eigenvalue weighted by atomic mass is 10.1. The van der Waals surface area contributed by atoms with E-state index >= 15 is 0 Å². The molecule has 0 aliphatic carbocycles. The van der Waals surface area contributed by atoms with E-state index in [4.69, 9.17) is 5.73 Å². The van der Waals surface area contributed by atoms with E-state index in [-0.39, 0.29) is 5.11 Å². The predicted octanol–water partition coefficient (Wildman–Crippen LogP) is -1.60. The molecule has 1 aliphatic heterocycles. The van der Waals surface area contributed by atoms with E-state index in [1.54, 1.807) is 0 Å². The van der Waals surface area contributed by atoms with Crippen molar-refractivity contribution in [2.75, 3.05) is 0 Å². The van der Waals surface area contributed by atoms with Crippen molar-refractivity contribution in [3.63, 3.8) is 0 Å². The number of hydrogen-bond donors (Lipinski definition) is 4. The molecule has 76 valence electrons. The van der Waals surface area contributed by atoms with Crippen molar-refractivity contribution in [2.45, 2.75) is 12.5 Å². The van der Waals surface area contributed by atoms with Crippen LogP contribution < -0.4 is 21.8 Å². The van der Waals surface area contributed by atoms with Gasteiger partial charge in [0.05, 0.1) is 6.21 Å². The van der Waals surface area contributed by atoms with Gasteiger partial charge in [-0.1, -0.05) is 0 Å². The van der Waals surface area contributed by atoms with Gasteiger partial charge in [0.15, 0.2) is 10.7 Å². The van der Waals surface area contributed by atoms with Crippen LogP contribution in [0.5, 0.6) is 0 Å². The van der Waals surface area contributed by atoms with Gasteiger partial charge >= 0.3 is 6.03 Å². The fraction of sp³-hybridized carbons (Fsp3) is 0.333. The topological polar surface area (TPSA) is 109 Å². The van der Waals surface area contributed by atoms with Crippen LogP contribution in [0, 0.1) is 0 Å². The minimum atomic E-state index is -1.16. The summed E-state index contributed by atoms with van der Waals surface area (Å²) in [6, 6.07) is -0.556. The Hall–Kier alpha value is -1.70. The molecule has 0 bridgehead atoms. The minimum absolute atomic E-state index is 0.0189. The van der Waals surface area contributed by atoms with Crippen molar-refractivity contribution in [3.05, 3.63) is 0 Å². The van der Waals surface area contributed by atoms with E-state index in [1.807, 2.05) is 0 Å². The van der Waals surface area contributed by atoms with Gasteiger partial charge in [-0.2, -0.15) is 5.10 Å². The number of nitrogens with zero attached hydrogens (tertiary/aromatic N) is 1. The third-order valence-electron chi connectivity index (χ3n) is 1.57. The van der Waals surface area contributed by atoms with Gasteiger partial charge in [0, 0.05) is 0 Å². The molecule has 0 aromatic carbocycles. The molecular formula is C6H9N5O2S. The van der Waals surface area contributed by atoms with Crippen LogP contribution in [0.1, 0.15) is 6.92 Å². The van der Waals surface area contributed by atoms with Gasteiger partial charge in [-0.25, -0.2) is 4.79 Å².